The molecule has 0 amide bonds. The molecule has 0 aliphatic heterocycles. The molecule has 0 N–H and O–H groups in total. The topological polar surface area (TPSA) is 30.0 Å². The molecule has 0 saturated heterocycles. The van der Waals surface area contributed by atoms with Crippen LogP contribution in [0.5, 0.6) is 0 Å². The Morgan fingerprint density at radius 3 is 1.58 bits per heavy atom. The van der Waals surface area contributed by atoms with Crippen LogP contribution in [0.2, 0.25) is 0 Å². The van der Waals surface area contributed by atoms with E-state index >= 15 is 0 Å². The van der Waals surface area contributed by atoms with Crippen LogP contribution in [0.1, 0.15) is 0 Å². The van der Waals surface area contributed by atoms with Crippen molar-refractivity contribution in [1.82, 2.24) is 4.98 Å². The number of fused-ring (bicyclic) bond motifs is 4. The lowest BCUT2D eigenvalue weighted by Gasteiger charge is -2.20. The van der Waals surface area contributed by atoms with Crippen molar-refractivity contribution in [2.75, 3.05) is 0 Å². The van der Waals surface area contributed by atoms with Gasteiger partial charge >= 0.3 is 0 Å². The molecule has 3 heteroatoms. The molecule has 7 aromatic rings. The van der Waals surface area contributed by atoms with Gasteiger partial charge in [-0.25, -0.2) is 4.98 Å². The Morgan fingerprint density at radius 2 is 0.947 bits per heavy atom. The second-order valence-corrected chi connectivity index (χ2v) is 12.3. The standard InChI is InChI=1S/C35H24NOP/c37-38(28-13-3-1-4-14-28,29-15-5-2-6-16-29)30-21-19-25(20-22-30)35-32-18-10-9-17-31(32)33-23-26-11-7-8-12-27(26)24-34(33)36-35/h1-24H. The zero-order valence-corrected chi connectivity index (χ0v) is 21.6. The third-order valence-electron chi connectivity index (χ3n) is 7.31. The monoisotopic (exact) mass is 505 g/mol. The summed E-state index contributed by atoms with van der Waals surface area (Å²) in [6.45, 7) is 0. The van der Waals surface area contributed by atoms with Gasteiger partial charge in [-0.15, -0.1) is 0 Å². The normalized spacial score (nSPS) is 11.8. The highest BCUT2D eigenvalue weighted by atomic mass is 31.2. The second-order valence-electron chi connectivity index (χ2n) is 9.55. The zero-order chi connectivity index (χ0) is 25.5. The highest BCUT2D eigenvalue weighted by Gasteiger charge is 2.29. The molecule has 0 bridgehead atoms. The Morgan fingerprint density at radius 1 is 0.447 bits per heavy atom. The SMILES string of the molecule is O=P(c1ccccc1)(c1ccccc1)c1ccc(-c2nc3cc4ccccc4cc3c3ccccc23)cc1. The van der Waals surface area contributed by atoms with Crippen LogP contribution in [-0.2, 0) is 4.57 Å². The Balaban J connectivity index is 1.42. The van der Waals surface area contributed by atoms with Crippen molar-refractivity contribution in [3.63, 3.8) is 0 Å². The van der Waals surface area contributed by atoms with Crippen LogP contribution < -0.4 is 15.9 Å². The van der Waals surface area contributed by atoms with Crippen molar-refractivity contribution in [1.29, 1.82) is 0 Å². The van der Waals surface area contributed by atoms with E-state index in [1.165, 1.54) is 16.2 Å². The number of hydrogen-bond donors (Lipinski definition) is 0. The van der Waals surface area contributed by atoms with Crippen LogP contribution >= 0.6 is 7.14 Å². The first kappa shape index (κ1) is 22.7. The van der Waals surface area contributed by atoms with Crippen molar-refractivity contribution >= 4 is 55.5 Å². The van der Waals surface area contributed by atoms with E-state index in [2.05, 4.69) is 72.8 Å². The number of pyridine rings is 1. The first-order chi connectivity index (χ1) is 18.7. The van der Waals surface area contributed by atoms with Gasteiger partial charge in [0.1, 0.15) is 0 Å². The molecule has 7 rings (SSSR count). The quantitative estimate of drug-likeness (QED) is 0.139. The summed E-state index contributed by atoms with van der Waals surface area (Å²) in [5, 5.41) is 8.31. The minimum Gasteiger partial charge on any atom is -0.309 e. The fourth-order valence-electron chi connectivity index (χ4n) is 5.41. The molecular weight excluding hydrogens is 481 g/mol. The van der Waals surface area contributed by atoms with Gasteiger partial charge in [-0.3, -0.25) is 0 Å². The summed E-state index contributed by atoms with van der Waals surface area (Å²) >= 11 is 0. The summed E-state index contributed by atoms with van der Waals surface area (Å²) < 4.78 is 14.8. The van der Waals surface area contributed by atoms with Crippen molar-refractivity contribution < 1.29 is 4.57 Å². The van der Waals surface area contributed by atoms with Crippen LogP contribution in [0, 0.1) is 0 Å². The van der Waals surface area contributed by atoms with E-state index in [1.54, 1.807) is 0 Å². The molecule has 0 saturated carbocycles. The average Bonchev–Trinajstić information content (AvgIpc) is 3.00. The van der Waals surface area contributed by atoms with Crippen molar-refractivity contribution in [3.8, 4) is 11.3 Å². The number of rotatable bonds is 4. The maximum atomic E-state index is 14.8. The Hall–Kier alpha value is -4.52. The Labute approximate surface area is 221 Å². The summed E-state index contributed by atoms with van der Waals surface area (Å²) in [7, 11) is -3.02. The zero-order valence-electron chi connectivity index (χ0n) is 20.7. The van der Waals surface area contributed by atoms with Crippen molar-refractivity contribution in [3.05, 3.63) is 146 Å². The van der Waals surface area contributed by atoms with Gasteiger partial charge in [0.05, 0.1) is 11.2 Å². The first-order valence-electron chi connectivity index (χ1n) is 12.8. The van der Waals surface area contributed by atoms with Crippen molar-refractivity contribution in [2.45, 2.75) is 0 Å². The molecule has 180 valence electrons. The lowest BCUT2D eigenvalue weighted by Crippen LogP contribution is -2.24. The van der Waals surface area contributed by atoms with Crippen molar-refractivity contribution in [2.24, 2.45) is 0 Å². The maximum Gasteiger partial charge on any atom is 0.171 e. The van der Waals surface area contributed by atoms with Crippen LogP contribution in [0.25, 0.3) is 43.7 Å². The molecular formula is C35H24NOP. The number of nitrogens with zero attached hydrogens (tertiary/aromatic N) is 1. The summed E-state index contributed by atoms with van der Waals surface area (Å²) in [4.78, 5) is 5.16. The summed E-state index contributed by atoms with van der Waals surface area (Å²) in [6, 6.07) is 49.0. The largest absolute Gasteiger partial charge is 0.309 e. The third-order valence-corrected chi connectivity index (χ3v) is 10.4. The number of hydrogen-bond acceptors (Lipinski definition) is 2. The van der Waals surface area contributed by atoms with Gasteiger partial charge in [0.2, 0.25) is 0 Å². The van der Waals surface area contributed by atoms with Crippen LogP contribution in [0.3, 0.4) is 0 Å². The van der Waals surface area contributed by atoms with E-state index in [-0.39, 0.29) is 0 Å². The summed E-state index contributed by atoms with van der Waals surface area (Å²) in [5.41, 5.74) is 2.91. The Bertz CT molecular complexity index is 1940. The molecule has 38 heavy (non-hydrogen) atoms. The molecule has 6 aromatic carbocycles. The molecule has 0 radical (unpaired) electrons. The van der Waals surface area contributed by atoms with Gasteiger partial charge < -0.3 is 4.57 Å². The third kappa shape index (κ3) is 3.65. The highest BCUT2D eigenvalue weighted by molar-refractivity contribution is 7.85. The highest BCUT2D eigenvalue weighted by Crippen LogP contribution is 2.43. The molecule has 0 aliphatic carbocycles. The summed E-state index contributed by atoms with van der Waals surface area (Å²) in [5.74, 6) is 0. The molecule has 0 fully saturated rings. The van der Waals surface area contributed by atoms with E-state index in [0.717, 1.165) is 43.5 Å². The predicted octanol–water partition coefficient (Wildman–Crippen LogP) is 7.85. The predicted molar refractivity (Wildman–Crippen MR) is 162 cm³/mol. The number of aromatic nitrogens is 1. The first-order valence-corrected chi connectivity index (χ1v) is 14.5. The minimum absolute atomic E-state index is 0.815. The molecule has 0 atom stereocenters. The van der Waals surface area contributed by atoms with E-state index in [4.69, 9.17) is 4.98 Å². The lowest BCUT2D eigenvalue weighted by atomic mass is 9.98. The van der Waals surface area contributed by atoms with Crippen LogP contribution in [0.15, 0.2) is 146 Å². The molecule has 0 aliphatic rings. The maximum absolute atomic E-state index is 14.8. The molecule has 0 spiro atoms. The Kier molecular flexibility index (Phi) is 5.43. The van der Waals surface area contributed by atoms with E-state index < -0.39 is 7.14 Å². The minimum atomic E-state index is -3.02. The van der Waals surface area contributed by atoms with Gasteiger partial charge in [0.15, 0.2) is 7.14 Å². The van der Waals surface area contributed by atoms with Crippen LogP contribution in [0.4, 0.5) is 0 Å². The van der Waals surface area contributed by atoms with Gasteiger partial charge in [-0.2, -0.15) is 0 Å². The van der Waals surface area contributed by atoms with Gasteiger partial charge in [-0.1, -0.05) is 133 Å². The lowest BCUT2D eigenvalue weighted by molar-refractivity contribution is 0.592. The van der Waals surface area contributed by atoms with E-state index in [9.17, 15) is 4.57 Å². The molecule has 0 unspecified atom stereocenters. The summed E-state index contributed by atoms with van der Waals surface area (Å²) in [6.07, 6.45) is 0. The molecule has 1 aromatic heterocycles. The van der Waals surface area contributed by atoms with Gasteiger partial charge in [0.25, 0.3) is 0 Å². The fraction of sp³-hybridized carbons (Fsp3) is 0. The average molecular weight is 506 g/mol. The van der Waals surface area contributed by atoms with E-state index in [1.807, 2.05) is 72.8 Å². The number of benzene rings is 6. The van der Waals surface area contributed by atoms with Gasteiger partial charge in [-0.05, 0) is 28.3 Å². The second kappa shape index (κ2) is 9.10. The van der Waals surface area contributed by atoms with Crippen LogP contribution in [-0.4, -0.2) is 4.98 Å². The molecule has 2 nitrogen and oxygen atoms in total. The fourth-order valence-corrected chi connectivity index (χ4v) is 8.06. The molecule has 1 heterocycles. The smallest absolute Gasteiger partial charge is 0.171 e. The van der Waals surface area contributed by atoms with Gasteiger partial charge in [0, 0.05) is 32.2 Å². The van der Waals surface area contributed by atoms with E-state index in [0.29, 0.717) is 0 Å².